The number of hydrogen-bond acceptors (Lipinski definition) is 3. The number of hydrogen-bond donors (Lipinski definition) is 2. The van der Waals surface area contributed by atoms with Crippen molar-refractivity contribution in [3.8, 4) is 0 Å². The number of nitrogens with zero attached hydrogens (tertiary/aromatic N) is 1. The van der Waals surface area contributed by atoms with E-state index in [2.05, 4.69) is 44.9 Å². The van der Waals surface area contributed by atoms with Crippen LogP contribution >= 0.6 is 22.6 Å². The van der Waals surface area contributed by atoms with Gasteiger partial charge in [-0.25, -0.2) is 0 Å². The van der Waals surface area contributed by atoms with E-state index in [1.807, 2.05) is 60.7 Å². The van der Waals surface area contributed by atoms with Gasteiger partial charge in [0, 0.05) is 21.2 Å². The van der Waals surface area contributed by atoms with Crippen molar-refractivity contribution in [2.24, 2.45) is 0 Å². The molecular formula is C33H35IN2O3. The second-order valence-electron chi connectivity index (χ2n) is 11.3. The van der Waals surface area contributed by atoms with Crippen LogP contribution in [-0.2, 0) is 23.2 Å². The van der Waals surface area contributed by atoms with E-state index in [1.54, 1.807) is 0 Å². The van der Waals surface area contributed by atoms with Crippen molar-refractivity contribution in [3.05, 3.63) is 104 Å². The third-order valence-corrected chi connectivity index (χ3v) is 9.86. The van der Waals surface area contributed by atoms with Crippen LogP contribution in [-0.4, -0.2) is 33.9 Å². The minimum absolute atomic E-state index is 0.00153. The Morgan fingerprint density at radius 2 is 1.62 bits per heavy atom. The Labute approximate surface area is 244 Å². The number of carbonyl (C=O) groups is 2. The van der Waals surface area contributed by atoms with Crippen molar-refractivity contribution < 1.29 is 14.7 Å². The van der Waals surface area contributed by atoms with Crippen LogP contribution in [0.15, 0.2) is 72.8 Å². The molecule has 2 N–H and O–H groups in total. The average Bonchev–Trinajstić information content (AvgIpc) is 3.80. The minimum atomic E-state index is -1.01. The predicted molar refractivity (Wildman–Crippen MR) is 160 cm³/mol. The van der Waals surface area contributed by atoms with Crippen LogP contribution in [0.5, 0.6) is 0 Å². The fraction of sp³-hybridized carbons (Fsp3) is 0.394. The summed E-state index contributed by atoms with van der Waals surface area (Å²) in [6.45, 7) is -0.0471. The molecule has 0 aromatic heterocycles. The Morgan fingerprint density at radius 3 is 2.31 bits per heavy atom. The maximum atomic E-state index is 14.8. The first-order valence-corrected chi connectivity index (χ1v) is 15.3. The predicted octanol–water partition coefficient (Wildman–Crippen LogP) is 6.07. The van der Waals surface area contributed by atoms with Crippen LogP contribution in [0, 0.1) is 3.57 Å². The molecule has 202 valence electrons. The van der Waals surface area contributed by atoms with Crippen molar-refractivity contribution in [2.45, 2.75) is 81.5 Å². The minimum Gasteiger partial charge on any atom is -0.392 e. The van der Waals surface area contributed by atoms with E-state index >= 15 is 0 Å². The number of carbonyl (C=O) groups excluding carboxylic acids is 2. The molecule has 2 saturated carbocycles. The molecule has 2 amide bonds. The number of aliphatic hydroxyl groups is 1. The van der Waals surface area contributed by atoms with Crippen molar-refractivity contribution in [1.29, 1.82) is 0 Å². The molecule has 5 nitrogen and oxygen atoms in total. The summed E-state index contributed by atoms with van der Waals surface area (Å²) in [6, 6.07) is 23.7. The zero-order valence-electron chi connectivity index (χ0n) is 22.1. The molecule has 0 radical (unpaired) electrons. The van der Waals surface area contributed by atoms with Crippen LogP contribution < -0.4 is 5.32 Å². The molecule has 6 rings (SSSR count). The molecule has 3 aliphatic rings. The van der Waals surface area contributed by atoms with Crippen molar-refractivity contribution in [3.63, 3.8) is 0 Å². The number of fused-ring (bicyclic) bond motifs is 1. The molecule has 2 aliphatic carbocycles. The van der Waals surface area contributed by atoms with E-state index in [9.17, 15) is 14.7 Å². The first-order valence-electron chi connectivity index (χ1n) is 14.2. The van der Waals surface area contributed by atoms with E-state index in [0.717, 1.165) is 64.3 Å². The molecule has 3 aromatic rings. The summed E-state index contributed by atoms with van der Waals surface area (Å²) >= 11 is 2.37. The van der Waals surface area contributed by atoms with Gasteiger partial charge in [-0.05, 0) is 89.1 Å². The summed E-state index contributed by atoms with van der Waals surface area (Å²) in [7, 11) is 0. The van der Waals surface area contributed by atoms with E-state index in [0.29, 0.717) is 12.0 Å². The number of rotatable bonds is 7. The topological polar surface area (TPSA) is 69.6 Å². The molecule has 2 atom stereocenters. The lowest BCUT2D eigenvalue weighted by atomic mass is 9.62. The standard InChI is InChI=1S/C33H35IN2O3/c34-29-13-7-4-8-24(29)20-33(32(39)35-25-18-19-25)28-12-6-5-11-27(28)31(38)36(26-9-2-1-3-10-26)30(33)23-16-14-22(21-37)15-17-23/h4-8,11-17,25-26,30,37H,1-3,9-10,18-21H2,(H,35,39)/t30-,33-/m0/s1. The Kier molecular flexibility index (Phi) is 7.51. The maximum Gasteiger partial charge on any atom is 0.254 e. The number of amides is 2. The van der Waals surface area contributed by atoms with Crippen LogP contribution in [0.25, 0.3) is 0 Å². The molecule has 1 aliphatic heterocycles. The molecule has 39 heavy (non-hydrogen) atoms. The van der Waals surface area contributed by atoms with E-state index < -0.39 is 11.5 Å². The van der Waals surface area contributed by atoms with Gasteiger partial charge in [0.15, 0.2) is 0 Å². The lowest BCUT2D eigenvalue weighted by molar-refractivity contribution is -0.130. The molecule has 0 saturated heterocycles. The molecule has 0 bridgehead atoms. The SMILES string of the molecule is O=C1c2ccccc2[C@](Cc2ccccc2I)(C(=O)NC2CC2)[C@H](c2ccc(CO)cc2)N1C1CCCCC1. The van der Waals surface area contributed by atoms with Gasteiger partial charge in [-0.3, -0.25) is 9.59 Å². The van der Waals surface area contributed by atoms with E-state index in [-0.39, 0.29) is 30.5 Å². The highest BCUT2D eigenvalue weighted by molar-refractivity contribution is 14.1. The van der Waals surface area contributed by atoms with Crippen LogP contribution in [0.4, 0.5) is 0 Å². The van der Waals surface area contributed by atoms with Crippen molar-refractivity contribution in [2.75, 3.05) is 0 Å². The highest BCUT2D eigenvalue weighted by Gasteiger charge is 2.58. The number of halogens is 1. The van der Waals surface area contributed by atoms with Crippen molar-refractivity contribution in [1.82, 2.24) is 10.2 Å². The quantitative estimate of drug-likeness (QED) is 0.310. The highest BCUT2D eigenvalue weighted by Crippen LogP contribution is 2.52. The average molecular weight is 635 g/mol. The zero-order chi connectivity index (χ0) is 27.0. The lowest BCUT2D eigenvalue weighted by Gasteiger charge is -2.53. The van der Waals surface area contributed by atoms with Gasteiger partial charge in [-0.2, -0.15) is 0 Å². The van der Waals surface area contributed by atoms with Gasteiger partial charge < -0.3 is 15.3 Å². The summed E-state index contributed by atoms with van der Waals surface area (Å²) in [5.74, 6) is 0.0213. The first kappa shape index (κ1) is 26.5. The molecule has 6 heteroatoms. The number of benzene rings is 3. The van der Waals surface area contributed by atoms with E-state index in [1.165, 1.54) is 6.42 Å². The monoisotopic (exact) mass is 634 g/mol. The summed E-state index contributed by atoms with van der Waals surface area (Å²) in [5, 5.41) is 13.1. The van der Waals surface area contributed by atoms with Crippen LogP contribution in [0.1, 0.15) is 83.6 Å². The van der Waals surface area contributed by atoms with Gasteiger partial charge in [0.1, 0.15) is 5.41 Å². The van der Waals surface area contributed by atoms with Gasteiger partial charge in [0.05, 0.1) is 12.6 Å². The smallest absolute Gasteiger partial charge is 0.254 e. The number of nitrogens with one attached hydrogen (secondary N) is 1. The van der Waals surface area contributed by atoms with Gasteiger partial charge in [0.25, 0.3) is 5.91 Å². The molecule has 3 aromatic carbocycles. The second-order valence-corrected chi connectivity index (χ2v) is 12.5. The highest BCUT2D eigenvalue weighted by atomic mass is 127. The van der Waals surface area contributed by atoms with Crippen LogP contribution in [0.2, 0.25) is 0 Å². The third kappa shape index (κ3) is 4.91. The fourth-order valence-corrected chi connectivity index (χ4v) is 7.27. The molecule has 2 fully saturated rings. The summed E-state index contributed by atoms with van der Waals surface area (Å²) < 4.78 is 1.11. The maximum absolute atomic E-state index is 14.8. The van der Waals surface area contributed by atoms with Gasteiger partial charge >= 0.3 is 0 Å². The Hall–Kier alpha value is -2.71. The van der Waals surface area contributed by atoms with Gasteiger partial charge in [-0.15, -0.1) is 0 Å². The van der Waals surface area contributed by atoms with Gasteiger partial charge in [0.2, 0.25) is 5.91 Å². The Balaban J connectivity index is 1.63. The third-order valence-electron chi connectivity index (χ3n) is 8.81. The summed E-state index contributed by atoms with van der Waals surface area (Å²) in [4.78, 5) is 31.3. The Bertz CT molecular complexity index is 1360. The van der Waals surface area contributed by atoms with Crippen molar-refractivity contribution >= 4 is 34.4 Å². The normalized spacial score (nSPS) is 23.4. The lowest BCUT2D eigenvalue weighted by Crippen LogP contribution is -2.62. The molecular weight excluding hydrogens is 599 g/mol. The second kappa shape index (κ2) is 11.0. The largest absolute Gasteiger partial charge is 0.392 e. The van der Waals surface area contributed by atoms with E-state index in [4.69, 9.17) is 0 Å². The fourth-order valence-electron chi connectivity index (χ4n) is 6.69. The summed E-state index contributed by atoms with van der Waals surface area (Å²) in [5.41, 5.74) is 3.31. The molecule has 1 heterocycles. The first-order chi connectivity index (χ1) is 19.0. The molecule has 0 spiro atoms. The zero-order valence-corrected chi connectivity index (χ0v) is 24.3. The van der Waals surface area contributed by atoms with Crippen LogP contribution in [0.3, 0.4) is 0 Å². The summed E-state index contributed by atoms with van der Waals surface area (Å²) in [6.07, 6.45) is 7.73. The Morgan fingerprint density at radius 1 is 0.923 bits per heavy atom. The number of aliphatic hydroxyl groups excluding tert-OH is 1. The van der Waals surface area contributed by atoms with Gasteiger partial charge in [-0.1, -0.05) is 79.9 Å². The molecule has 0 unspecified atom stereocenters.